The maximum absolute atomic E-state index is 13.7. The van der Waals surface area contributed by atoms with Crippen molar-refractivity contribution in [1.82, 2.24) is 4.90 Å². The molecule has 2 atom stereocenters. The van der Waals surface area contributed by atoms with Gasteiger partial charge in [0.05, 0.1) is 17.5 Å². The molecule has 2 aromatic carbocycles. The monoisotopic (exact) mass is 391 g/mol. The Bertz CT molecular complexity index is 863. The molecule has 3 rings (SSSR count). The Hall–Kier alpha value is -2.34. The van der Waals surface area contributed by atoms with Gasteiger partial charge in [-0.15, -0.1) is 0 Å². The number of likely N-dealkylation sites (tertiary alicyclic amines) is 1. The van der Waals surface area contributed by atoms with Crippen LogP contribution in [0.2, 0.25) is 0 Å². The molecule has 0 bridgehead atoms. The highest BCUT2D eigenvalue weighted by Gasteiger charge is 2.39. The first kappa shape index (κ1) is 20.4. The van der Waals surface area contributed by atoms with Crippen LogP contribution in [0.1, 0.15) is 46.7 Å². The van der Waals surface area contributed by atoms with Gasteiger partial charge in [-0.05, 0) is 56.0 Å². The molecule has 0 aliphatic carbocycles. The molecular formula is C22H24F3NO2. The molecule has 2 unspecified atom stereocenters. The van der Waals surface area contributed by atoms with Gasteiger partial charge in [0.1, 0.15) is 0 Å². The lowest BCUT2D eigenvalue weighted by atomic mass is 9.87. The molecule has 1 saturated heterocycles. The van der Waals surface area contributed by atoms with Crippen LogP contribution in [0.4, 0.5) is 13.2 Å². The second kappa shape index (κ2) is 7.95. The summed E-state index contributed by atoms with van der Waals surface area (Å²) in [4.78, 5) is 13.4. The minimum absolute atomic E-state index is 0.174. The van der Waals surface area contributed by atoms with Gasteiger partial charge in [0.25, 0.3) is 0 Å². The molecule has 0 spiro atoms. The Morgan fingerprint density at radius 2 is 1.86 bits per heavy atom. The van der Waals surface area contributed by atoms with Gasteiger partial charge in [-0.2, -0.15) is 13.2 Å². The molecule has 0 aromatic heterocycles. The van der Waals surface area contributed by atoms with Crippen LogP contribution in [0, 0.1) is 19.8 Å². The lowest BCUT2D eigenvalue weighted by molar-refractivity contribution is -0.144. The molecular weight excluding hydrogens is 367 g/mol. The molecule has 1 aliphatic rings. The molecule has 1 fully saturated rings. The Balaban J connectivity index is 2.15. The highest BCUT2D eigenvalue weighted by Crippen LogP contribution is 2.41. The summed E-state index contributed by atoms with van der Waals surface area (Å²) in [5, 5.41) is 9.45. The van der Waals surface area contributed by atoms with Crippen LogP contribution in [-0.2, 0) is 11.0 Å². The lowest BCUT2D eigenvalue weighted by Gasteiger charge is -2.39. The predicted molar refractivity (Wildman–Crippen MR) is 101 cm³/mol. The lowest BCUT2D eigenvalue weighted by Crippen LogP contribution is -2.42. The maximum Gasteiger partial charge on any atom is 0.416 e. The molecule has 0 radical (unpaired) electrons. The minimum Gasteiger partial charge on any atom is -0.481 e. The van der Waals surface area contributed by atoms with Crippen molar-refractivity contribution in [3.63, 3.8) is 0 Å². The predicted octanol–water partition coefficient (Wildman–Crippen LogP) is 5.21. The van der Waals surface area contributed by atoms with Crippen molar-refractivity contribution < 1.29 is 23.1 Å². The van der Waals surface area contributed by atoms with Crippen LogP contribution in [0.15, 0.2) is 42.5 Å². The fourth-order valence-electron chi connectivity index (χ4n) is 4.13. The molecule has 6 heteroatoms. The zero-order valence-corrected chi connectivity index (χ0v) is 16.0. The number of benzene rings is 2. The molecule has 28 heavy (non-hydrogen) atoms. The number of hydrogen-bond acceptors (Lipinski definition) is 2. The fraction of sp³-hybridized carbons (Fsp3) is 0.409. The summed E-state index contributed by atoms with van der Waals surface area (Å²) in [5.74, 6) is -1.46. The summed E-state index contributed by atoms with van der Waals surface area (Å²) in [7, 11) is 0. The number of carbonyl (C=O) groups is 1. The maximum atomic E-state index is 13.7. The van der Waals surface area contributed by atoms with Gasteiger partial charge in [0.2, 0.25) is 0 Å². The van der Waals surface area contributed by atoms with E-state index in [2.05, 4.69) is 0 Å². The first-order chi connectivity index (χ1) is 13.2. The van der Waals surface area contributed by atoms with E-state index in [4.69, 9.17) is 0 Å². The number of alkyl halides is 3. The first-order valence-electron chi connectivity index (χ1n) is 9.38. The standard InChI is InChI=1S/C22H24F3NO2/c1-14-9-10-17(15(2)12-14)20(26-11-5-6-16(13-26)21(27)28)18-7-3-4-8-19(18)22(23,24)25/h3-4,7-10,12,16,20H,5-6,11,13H2,1-2H3,(H,27,28). The second-order valence-corrected chi connectivity index (χ2v) is 7.52. The molecule has 1 N–H and O–H groups in total. The number of rotatable bonds is 4. The van der Waals surface area contributed by atoms with Gasteiger partial charge in [-0.25, -0.2) is 0 Å². The van der Waals surface area contributed by atoms with Gasteiger partial charge >= 0.3 is 12.1 Å². The van der Waals surface area contributed by atoms with Crippen molar-refractivity contribution in [3.05, 3.63) is 70.3 Å². The van der Waals surface area contributed by atoms with E-state index >= 15 is 0 Å². The van der Waals surface area contributed by atoms with Crippen LogP contribution in [-0.4, -0.2) is 29.1 Å². The molecule has 150 valence electrons. The van der Waals surface area contributed by atoms with Crippen LogP contribution in [0.25, 0.3) is 0 Å². The van der Waals surface area contributed by atoms with Gasteiger partial charge in [-0.1, -0.05) is 42.0 Å². The average Bonchev–Trinajstić information content (AvgIpc) is 2.63. The molecule has 0 amide bonds. The van der Waals surface area contributed by atoms with Gasteiger partial charge in [0.15, 0.2) is 0 Å². The van der Waals surface area contributed by atoms with E-state index in [9.17, 15) is 23.1 Å². The number of hydrogen-bond donors (Lipinski definition) is 1. The van der Waals surface area contributed by atoms with Crippen molar-refractivity contribution in [2.75, 3.05) is 13.1 Å². The zero-order valence-electron chi connectivity index (χ0n) is 16.0. The number of carboxylic acids is 1. The van der Waals surface area contributed by atoms with Gasteiger partial charge < -0.3 is 5.11 Å². The van der Waals surface area contributed by atoms with E-state index in [1.807, 2.05) is 36.9 Å². The van der Waals surface area contributed by atoms with E-state index in [1.54, 1.807) is 6.07 Å². The number of aliphatic carboxylic acids is 1. The molecule has 1 aliphatic heterocycles. The van der Waals surface area contributed by atoms with E-state index in [0.717, 1.165) is 22.8 Å². The van der Waals surface area contributed by atoms with Crippen LogP contribution in [0.3, 0.4) is 0 Å². The van der Waals surface area contributed by atoms with Crippen molar-refractivity contribution in [2.45, 2.75) is 38.9 Å². The Morgan fingerprint density at radius 1 is 1.14 bits per heavy atom. The third-order valence-electron chi connectivity index (χ3n) is 5.45. The summed E-state index contributed by atoms with van der Waals surface area (Å²) in [6.45, 7) is 4.63. The first-order valence-corrected chi connectivity index (χ1v) is 9.38. The van der Waals surface area contributed by atoms with E-state index in [0.29, 0.717) is 19.4 Å². The number of carboxylic acid groups (broad SMARTS) is 1. The van der Waals surface area contributed by atoms with Gasteiger partial charge in [0, 0.05) is 6.54 Å². The van der Waals surface area contributed by atoms with Crippen molar-refractivity contribution >= 4 is 5.97 Å². The van der Waals surface area contributed by atoms with Crippen molar-refractivity contribution in [3.8, 4) is 0 Å². The van der Waals surface area contributed by atoms with Crippen molar-refractivity contribution in [2.24, 2.45) is 5.92 Å². The Morgan fingerprint density at radius 3 is 2.50 bits per heavy atom. The number of piperidine rings is 1. The zero-order chi connectivity index (χ0) is 20.5. The largest absolute Gasteiger partial charge is 0.481 e. The molecule has 0 saturated carbocycles. The topological polar surface area (TPSA) is 40.5 Å². The summed E-state index contributed by atoms with van der Waals surface area (Å²) in [6, 6.07) is 10.7. The van der Waals surface area contributed by atoms with E-state index in [-0.39, 0.29) is 12.1 Å². The number of halogens is 3. The SMILES string of the molecule is Cc1ccc(C(c2ccccc2C(F)(F)F)N2CCCC(C(=O)O)C2)c(C)c1. The molecule has 3 nitrogen and oxygen atoms in total. The fourth-order valence-corrected chi connectivity index (χ4v) is 4.13. The van der Waals surface area contributed by atoms with Crippen molar-refractivity contribution in [1.29, 1.82) is 0 Å². The summed E-state index contributed by atoms with van der Waals surface area (Å²) < 4.78 is 41.2. The smallest absolute Gasteiger partial charge is 0.416 e. The minimum atomic E-state index is -4.48. The molecule has 1 heterocycles. The second-order valence-electron chi connectivity index (χ2n) is 7.52. The Labute approximate surface area is 162 Å². The van der Waals surface area contributed by atoms with Crippen LogP contribution < -0.4 is 0 Å². The quantitative estimate of drug-likeness (QED) is 0.778. The third-order valence-corrected chi connectivity index (χ3v) is 5.45. The summed E-state index contributed by atoms with van der Waals surface area (Å²) in [5.41, 5.74) is 2.23. The third kappa shape index (κ3) is 4.22. The average molecular weight is 391 g/mol. The summed E-state index contributed by atoms with van der Waals surface area (Å²) >= 11 is 0. The highest BCUT2D eigenvalue weighted by molar-refractivity contribution is 5.70. The number of nitrogens with zero attached hydrogens (tertiary/aromatic N) is 1. The Kier molecular flexibility index (Phi) is 5.79. The molecule has 2 aromatic rings. The van der Waals surface area contributed by atoms with E-state index < -0.39 is 29.7 Å². The van der Waals surface area contributed by atoms with Gasteiger partial charge in [-0.3, -0.25) is 9.69 Å². The number of aryl methyl sites for hydroxylation is 2. The summed E-state index contributed by atoms with van der Waals surface area (Å²) in [6.07, 6.45) is -3.28. The highest BCUT2D eigenvalue weighted by atomic mass is 19.4. The van der Waals surface area contributed by atoms with E-state index in [1.165, 1.54) is 12.1 Å². The normalized spacial score (nSPS) is 19.4. The van der Waals surface area contributed by atoms with Crippen LogP contribution >= 0.6 is 0 Å². The van der Waals surface area contributed by atoms with Crippen LogP contribution in [0.5, 0.6) is 0 Å².